The summed E-state index contributed by atoms with van der Waals surface area (Å²) in [7, 11) is 0. The SMILES string of the molecule is O=[N+]([O-])c1c(O)cc2c3c(cccc13)-c1ccccc1-2. The van der Waals surface area contributed by atoms with Crippen molar-refractivity contribution in [3.63, 3.8) is 0 Å². The van der Waals surface area contributed by atoms with E-state index >= 15 is 0 Å². The van der Waals surface area contributed by atoms with Crippen LogP contribution in [0.5, 0.6) is 5.75 Å². The molecule has 4 nitrogen and oxygen atoms in total. The van der Waals surface area contributed by atoms with Gasteiger partial charge in [0, 0.05) is 5.39 Å². The van der Waals surface area contributed by atoms with E-state index in [1.54, 1.807) is 12.1 Å². The summed E-state index contributed by atoms with van der Waals surface area (Å²) in [5.41, 5.74) is 3.67. The molecule has 0 spiro atoms. The normalized spacial score (nSPS) is 11.6. The highest BCUT2D eigenvalue weighted by molar-refractivity contribution is 6.18. The maximum Gasteiger partial charge on any atom is 0.318 e. The monoisotopic (exact) mass is 263 g/mol. The number of phenols is 1. The molecule has 0 fully saturated rings. The van der Waals surface area contributed by atoms with Gasteiger partial charge in [-0.05, 0) is 34.4 Å². The van der Waals surface area contributed by atoms with E-state index in [9.17, 15) is 15.2 Å². The number of nitro benzene ring substituents is 1. The predicted octanol–water partition coefficient (Wildman–Crippen LogP) is 4.10. The number of nitrogens with zero attached hydrogens (tertiary/aromatic N) is 1. The van der Waals surface area contributed by atoms with Crippen molar-refractivity contribution in [3.05, 3.63) is 58.6 Å². The zero-order valence-corrected chi connectivity index (χ0v) is 10.3. The molecule has 0 radical (unpaired) electrons. The van der Waals surface area contributed by atoms with Crippen LogP contribution in [0.1, 0.15) is 0 Å². The quantitative estimate of drug-likeness (QED) is 0.415. The van der Waals surface area contributed by atoms with E-state index in [0.717, 1.165) is 27.6 Å². The van der Waals surface area contributed by atoms with Gasteiger partial charge in [0.2, 0.25) is 0 Å². The number of phenolic OH excluding ortho intramolecular Hbond substituents is 1. The Morgan fingerprint density at radius 3 is 2.25 bits per heavy atom. The van der Waals surface area contributed by atoms with Gasteiger partial charge in [0.15, 0.2) is 5.75 Å². The zero-order valence-electron chi connectivity index (χ0n) is 10.3. The molecular formula is C16H9NO3. The van der Waals surface area contributed by atoms with Crippen molar-refractivity contribution in [2.45, 2.75) is 0 Å². The molecular weight excluding hydrogens is 254 g/mol. The minimum atomic E-state index is -0.527. The molecule has 4 heteroatoms. The number of hydrogen-bond donors (Lipinski definition) is 1. The summed E-state index contributed by atoms with van der Waals surface area (Å²) >= 11 is 0. The summed E-state index contributed by atoms with van der Waals surface area (Å²) in [6.45, 7) is 0. The van der Waals surface area contributed by atoms with Gasteiger partial charge in [-0.1, -0.05) is 36.4 Å². The van der Waals surface area contributed by atoms with E-state index in [1.165, 1.54) is 6.07 Å². The summed E-state index contributed by atoms with van der Waals surface area (Å²) < 4.78 is 0. The number of nitro groups is 1. The van der Waals surface area contributed by atoms with Crippen LogP contribution in [-0.2, 0) is 0 Å². The highest BCUT2D eigenvalue weighted by Crippen LogP contribution is 2.51. The molecule has 0 atom stereocenters. The van der Waals surface area contributed by atoms with Gasteiger partial charge < -0.3 is 5.11 Å². The van der Waals surface area contributed by atoms with Crippen molar-refractivity contribution < 1.29 is 10.0 Å². The largest absolute Gasteiger partial charge is 0.502 e. The molecule has 3 aromatic rings. The van der Waals surface area contributed by atoms with E-state index in [2.05, 4.69) is 0 Å². The molecule has 1 aliphatic carbocycles. The topological polar surface area (TPSA) is 63.4 Å². The van der Waals surface area contributed by atoms with Crippen molar-refractivity contribution in [1.82, 2.24) is 0 Å². The van der Waals surface area contributed by atoms with Crippen LogP contribution in [0.4, 0.5) is 5.69 Å². The second-order valence-electron chi connectivity index (χ2n) is 4.82. The highest BCUT2D eigenvalue weighted by atomic mass is 16.6. The maximum absolute atomic E-state index is 11.2. The van der Waals surface area contributed by atoms with Crippen LogP contribution in [0.2, 0.25) is 0 Å². The van der Waals surface area contributed by atoms with E-state index in [4.69, 9.17) is 0 Å². The highest BCUT2D eigenvalue weighted by Gasteiger charge is 2.28. The number of hydrogen-bond acceptors (Lipinski definition) is 3. The van der Waals surface area contributed by atoms with Crippen molar-refractivity contribution in [2.24, 2.45) is 0 Å². The van der Waals surface area contributed by atoms with Crippen LogP contribution in [0.3, 0.4) is 0 Å². The Hall–Kier alpha value is -2.88. The van der Waals surface area contributed by atoms with Gasteiger partial charge in [0.05, 0.1) is 10.3 Å². The zero-order chi connectivity index (χ0) is 13.9. The molecule has 20 heavy (non-hydrogen) atoms. The first-order valence-electron chi connectivity index (χ1n) is 6.21. The molecule has 0 amide bonds. The number of benzene rings is 3. The minimum Gasteiger partial charge on any atom is -0.502 e. The van der Waals surface area contributed by atoms with Crippen LogP contribution >= 0.6 is 0 Å². The third-order valence-electron chi connectivity index (χ3n) is 3.80. The molecule has 0 aromatic heterocycles. The molecule has 0 bridgehead atoms. The Morgan fingerprint density at radius 2 is 1.55 bits per heavy atom. The van der Waals surface area contributed by atoms with Crippen LogP contribution in [0.25, 0.3) is 33.0 Å². The summed E-state index contributed by atoms with van der Waals surface area (Å²) in [5.74, 6) is -0.286. The second-order valence-corrected chi connectivity index (χ2v) is 4.82. The average molecular weight is 263 g/mol. The third-order valence-corrected chi connectivity index (χ3v) is 3.80. The first-order chi connectivity index (χ1) is 9.68. The van der Waals surface area contributed by atoms with Crippen molar-refractivity contribution >= 4 is 16.5 Å². The van der Waals surface area contributed by atoms with Gasteiger partial charge in [0.25, 0.3) is 0 Å². The van der Waals surface area contributed by atoms with Gasteiger partial charge in [-0.3, -0.25) is 10.1 Å². The number of fused-ring (bicyclic) bond motifs is 3. The number of rotatable bonds is 1. The smallest absolute Gasteiger partial charge is 0.318 e. The molecule has 3 aromatic carbocycles. The van der Waals surface area contributed by atoms with E-state index in [1.807, 2.05) is 30.3 Å². The Balaban J connectivity index is 2.26. The van der Waals surface area contributed by atoms with Gasteiger partial charge in [0.1, 0.15) is 0 Å². The molecule has 1 N–H and O–H groups in total. The molecule has 96 valence electrons. The van der Waals surface area contributed by atoms with Crippen LogP contribution in [0, 0.1) is 10.1 Å². The van der Waals surface area contributed by atoms with Gasteiger partial charge >= 0.3 is 5.69 Å². The fraction of sp³-hybridized carbons (Fsp3) is 0. The third kappa shape index (κ3) is 1.20. The summed E-state index contributed by atoms with van der Waals surface area (Å²) in [6.07, 6.45) is 0. The van der Waals surface area contributed by atoms with Gasteiger partial charge in [-0.15, -0.1) is 0 Å². The van der Waals surface area contributed by atoms with Crippen LogP contribution in [-0.4, -0.2) is 10.0 Å². The van der Waals surface area contributed by atoms with Crippen molar-refractivity contribution in [1.29, 1.82) is 0 Å². The second kappa shape index (κ2) is 3.57. The fourth-order valence-electron chi connectivity index (χ4n) is 3.04. The van der Waals surface area contributed by atoms with Crippen LogP contribution in [0.15, 0.2) is 48.5 Å². The van der Waals surface area contributed by atoms with E-state index in [0.29, 0.717) is 5.39 Å². The Labute approximate surface area is 114 Å². The molecule has 0 saturated heterocycles. The molecule has 0 saturated carbocycles. The van der Waals surface area contributed by atoms with Crippen molar-refractivity contribution in [3.8, 4) is 28.0 Å². The Morgan fingerprint density at radius 1 is 0.900 bits per heavy atom. The first-order valence-corrected chi connectivity index (χ1v) is 6.21. The summed E-state index contributed by atoms with van der Waals surface area (Å²) in [4.78, 5) is 10.7. The Kier molecular flexibility index (Phi) is 1.96. The van der Waals surface area contributed by atoms with Gasteiger partial charge in [-0.2, -0.15) is 0 Å². The lowest BCUT2D eigenvalue weighted by atomic mass is 10.0. The molecule has 0 unspecified atom stereocenters. The maximum atomic E-state index is 11.2. The molecule has 1 aliphatic rings. The van der Waals surface area contributed by atoms with Crippen molar-refractivity contribution in [2.75, 3.05) is 0 Å². The molecule has 4 rings (SSSR count). The lowest BCUT2D eigenvalue weighted by molar-refractivity contribution is -0.384. The van der Waals surface area contributed by atoms with E-state index in [-0.39, 0.29) is 11.4 Å². The fourth-order valence-corrected chi connectivity index (χ4v) is 3.04. The molecule has 0 aliphatic heterocycles. The van der Waals surface area contributed by atoms with Crippen LogP contribution < -0.4 is 0 Å². The lowest BCUT2D eigenvalue weighted by Gasteiger charge is -2.05. The number of aromatic hydroxyl groups is 1. The van der Waals surface area contributed by atoms with E-state index < -0.39 is 4.92 Å². The lowest BCUT2D eigenvalue weighted by Crippen LogP contribution is -1.91. The molecule has 0 heterocycles. The minimum absolute atomic E-state index is 0.224. The van der Waals surface area contributed by atoms with Gasteiger partial charge in [-0.25, -0.2) is 0 Å². The first kappa shape index (κ1) is 11.0. The average Bonchev–Trinajstić information content (AvgIpc) is 2.75. The summed E-state index contributed by atoms with van der Waals surface area (Å²) in [6, 6.07) is 14.8. The Bertz CT molecular complexity index is 900. The summed E-state index contributed by atoms with van der Waals surface area (Å²) in [5, 5.41) is 22.5. The standard InChI is InChI=1S/C16H9NO3/c18-14-8-13-10-5-2-1-4-9(10)11-6-3-7-12(15(11)13)16(14)17(19)20/h1-8,18H. The predicted molar refractivity (Wildman–Crippen MR) is 76.7 cm³/mol.